The molecule has 0 atom stereocenters. The molecule has 4 heteroatoms. The summed E-state index contributed by atoms with van der Waals surface area (Å²) in [7, 11) is 0. The molecule has 0 saturated heterocycles. The van der Waals surface area contributed by atoms with Crippen molar-refractivity contribution in [2.24, 2.45) is 0 Å². The predicted molar refractivity (Wildman–Crippen MR) is 63.0 cm³/mol. The van der Waals surface area contributed by atoms with Crippen molar-refractivity contribution in [1.29, 1.82) is 0 Å². The highest BCUT2D eigenvalue weighted by molar-refractivity contribution is 6.29. The van der Waals surface area contributed by atoms with Crippen molar-refractivity contribution in [2.45, 2.75) is 33.7 Å². The van der Waals surface area contributed by atoms with Crippen LogP contribution in [0.4, 0.5) is 0 Å². The van der Waals surface area contributed by atoms with Gasteiger partial charge in [0.25, 0.3) is 0 Å². The zero-order chi connectivity index (χ0) is 11.3. The Bertz CT molecular complexity index is 294. The summed E-state index contributed by atoms with van der Waals surface area (Å²) in [6, 6.07) is 1.78. The third-order valence-corrected chi connectivity index (χ3v) is 2.41. The molecule has 0 bridgehead atoms. The molecule has 1 rings (SSSR count). The molecule has 0 amide bonds. The molecular formula is C11H18ClN3. The molecule has 3 nitrogen and oxygen atoms in total. The van der Waals surface area contributed by atoms with Crippen LogP contribution >= 0.6 is 11.6 Å². The number of nitrogens with zero attached hydrogens (tertiary/aromatic N) is 3. The molecule has 0 fully saturated rings. The van der Waals surface area contributed by atoms with Crippen LogP contribution in [0.1, 0.15) is 31.8 Å². The summed E-state index contributed by atoms with van der Waals surface area (Å²) in [5.74, 6) is 0.815. The molecule has 0 N–H and O–H groups in total. The maximum Gasteiger partial charge on any atom is 0.144 e. The summed E-state index contributed by atoms with van der Waals surface area (Å²) in [6.07, 6.45) is 1.15. The summed E-state index contributed by atoms with van der Waals surface area (Å²) in [4.78, 5) is 10.9. The van der Waals surface area contributed by atoms with E-state index in [2.05, 4.69) is 28.7 Å². The average Bonchev–Trinajstić information content (AvgIpc) is 2.15. The van der Waals surface area contributed by atoms with Crippen molar-refractivity contribution >= 4 is 11.6 Å². The predicted octanol–water partition coefficient (Wildman–Crippen LogP) is 2.67. The fourth-order valence-corrected chi connectivity index (χ4v) is 1.78. The molecule has 0 saturated carbocycles. The summed E-state index contributed by atoms with van der Waals surface area (Å²) < 4.78 is 0. The fraction of sp³-hybridized carbons (Fsp3) is 0.636. The molecule has 0 aliphatic rings. The first kappa shape index (κ1) is 12.4. The maximum atomic E-state index is 5.88. The van der Waals surface area contributed by atoms with Gasteiger partial charge in [0, 0.05) is 5.69 Å². The Morgan fingerprint density at radius 3 is 2.60 bits per heavy atom. The standard InChI is InChI=1S/C11H18ClN3/c1-4-6-15(5-2)8-11-13-9(3)7-10(12)14-11/h7H,4-6,8H2,1-3H3. The molecule has 0 radical (unpaired) electrons. The largest absolute Gasteiger partial charge is 0.296 e. The Balaban J connectivity index is 2.69. The Morgan fingerprint density at radius 2 is 2.07 bits per heavy atom. The third kappa shape index (κ3) is 4.14. The molecule has 0 spiro atoms. The van der Waals surface area contributed by atoms with Crippen molar-refractivity contribution in [3.05, 3.63) is 22.7 Å². The zero-order valence-corrected chi connectivity index (χ0v) is 10.4. The van der Waals surface area contributed by atoms with Gasteiger partial charge in [-0.1, -0.05) is 25.4 Å². The zero-order valence-electron chi connectivity index (χ0n) is 9.63. The Morgan fingerprint density at radius 1 is 1.33 bits per heavy atom. The van der Waals surface area contributed by atoms with E-state index in [1.54, 1.807) is 6.07 Å². The van der Waals surface area contributed by atoms with Crippen molar-refractivity contribution in [3.63, 3.8) is 0 Å². The molecule has 1 aromatic heterocycles. The highest BCUT2D eigenvalue weighted by atomic mass is 35.5. The van der Waals surface area contributed by atoms with Gasteiger partial charge in [0.15, 0.2) is 0 Å². The van der Waals surface area contributed by atoms with E-state index in [9.17, 15) is 0 Å². The number of hydrogen-bond acceptors (Lipinski definition) is 3. The van der Waals surface area contributed by atoms with Gasteiger partial charge in [-0.3, -0.25) is 4.90 Å². The van der Waals surface area contributed by atoms with Crippen LogP contribution in [0.15, 0.2) is 6.07 Å². The molecule has 0 aliphatic carbocycles. The van der Waals surface area contributed by atoms with Gasteiger partial charge in [0.2, 0.25) is 0 Å². The smallest absolute Gasteiger partial charge is 0.144 e. The van der Waals surface area contributed by atoms with E-state index in [1.807, 2.05) is 6.92 Å². The van der Waals surface area contributed by atoms with Gasteiger partial charge in [-0.05, 0) is 32.5 Å². The van der Waals surface area contributed by atoms with Gasteiger partial charge in [0.1, 0.15) is 11.0 Å². The molecular weight excluding hydrogens is 210 g/mol. The summed E-state index contributed by atoms with van der Waals surface area (Å²) in [6.45, 7) is 9.13. The van der Waals surface area contributed by atoms with E-state index in [0.29, 0.717) is 5.15 Å². The van der Waals surface area contributed by atoms with Crippen LogP contribution in [0.5, 0.6) is 0 Å². The first-order valence-corrected chi connectivity index (χ1v) is 5.76. The van der Waals surface area contributed by atoms with E-state index >= 15 is 0 Å². The number of aromatic nitrogens is 2. The first-order chi connectivity index (χ1) is 7.15. The van der Waals surface area contributed by atoms with E-state index in [0.717, 1.165) is 37.6 Å². The lowest BCUT2D eigenvalue weighted by Crippen LogP contribution is -2.24. The monoisotopic (exact) mass is 227 g/mol. The summed E-state index contributed by atoms with van der Waals surface area (Å²) in [5, 5.41) is 0.532. The lowest BCUT2D eigenvalue weighted by Gasteiger charge is -2.18. The fourth-order valence-electron chi connectivity index (χ4n) is 1.52. The van der Waals surface area contributed by atoms with Crippen molar-refractivity contribution < 1.29 is 0 Å². The minimum Gasteiger partial charge on any atom is -0.296 e. The van der Waals surface area contributed by atoms with Crippen LogP contribution in [-0.2, 0) is 6.54 Å². The van der Waals surface area contributed by atoms with Gasteiger partial charge in [-0.15, -0.1) is 0 Å². The number of rotatable bonds is 5. The highest BCUT2D eigenvalue weighted by Crippen LogP contribution is 2.08. The quantitative estimate of drug-likeness (QED) is 0.725. The minimum absolute atomic E-state index is 0.532. The van der Waals surface area contributed by atoms with Crippen LogP contribution in [0.25, 0.3) is 0 Å². The average molecular weight is 228 g/mol. The van der Waals surface area contributed by atoms with Gasteiger partial charge < -0.3 is 0 Å². The van der Waals surface area contributed by atoms with E-state index in [-0.39, 0.29) is 0 Å². The summed E-state index contributed by atoms with van der Waals surface area (Å²) >= 11 is 5.88. The lowest BCUT2D eigenvalue weighted by molar-refractivity contribution is 0.273. The van der Waals surface area contributed by atoms with E-state index in [1.165, 1.54) is 0 Å². The highest BCUT2D eigenvalue weighted by Gasteiger charge is 2.06. The molecule has 84 valence electrons. The number of hydrogen-bond donors (Lipinski definition) is 0. The summed E-state index contributed by atoms with van der Waals surface area (Å²) in [5.41, 5.74) is 0.928. The second-order valence-corrected chi connectivity index (χ2v) is 4.00. The topological polar surface area (TPSA) is 29.0 Å². The molecule has 0 aliphatic heterocycles. The normalized spacial score (nSPS) is 11.0. The van der Waals surface area contributed by atoms with Crippen LogP contribution in [0.2, 0.25) is 5.15 Å². The van der Waals surface area contributed by atoms with Crippen LogP contribution in [0, 0.1) is 6.92 Å². The number of aryl methyl sites for hydroxylation is 1. The Kier molecular flexibility index (Phi) is 4.99. The van der Waals surface area contributed by atoms with Crippen LogP contribution in [0.3, 0.4) is 0 Å². The minimum atomic E-state index is 0.532. The van der Waals surface area contributed by atoms with Crippen molar-refractivity contribution in [1.82, 2.24) is 14.9 Å². The molecule has 0 aromatic carbocycles. The van der Waals surface area contributed by atoms with E-state index in [4.69, 9.17) is 11.6 Å². The van der Waals surface area contributed by atoms with Crippen molar-refractivity contribution in [3.8, 4) is 0 Å². The maximum absolute atomic E-state index is 5.88. The number of halogens is 1. The van der Waals surface area contributed by atoms with Gasteiger partial charge in [-0.2, -0.15) is 0 Å². The van der Waals surface area contributed by atoms with Gasteiger partial charge >= 0.3 is 0 Å². The van der Waals surface area contributed by atoms with Gasteiger partial charge in [0.05, 0.1) is 6.54 Å². The third-order valence-electron chi connectivity index (χ3n) is 2.22. The SMILES string of the molecule is CCCN(CC)Cc1nc(C)cc(Cl)n1. The molecule has 15 heavy (non-hydrogen) atoms. The van der Waals surface area contributed by atoms with Crippen LogP contribution < -0.4 is 0 Å². The molecule has 1 aromatic rings. The second-order valence-electron chi connectivity index (χ2n) is 3.62. The Labute approximate surface area is 96.5 Å². The molecule has 1 heterocycles. The lowest BCUT2D eigenvalue weighted by atomic mass is 10.3. The van der Waals surface area contributed by atoms with E-state index < -0.39 is 0 Å². The van der Waals surface area contributed by atoms with Crippen LogP contribution in [-0.4, -0.2) is 28.0 Å². The molecule has 0 unspecified atom stereocenters. The van der Waals surface area contributed by atoms with Crippen molar-refractivity contribution in [2.75, 3.05) is 13.1 Å². The van der Waals surface area contributed by atoms with Gasteiger partial charge in [-0.25, -0.2) is 9.97 Å². The second kappa shape index (κ2) is 6.03. The Hall–Kier alpha value is -0.670. The first-order valence-electron chi connectivity index (χ1n) is 5.38.